The van der Waals surface area contributed by atoms with E-state index in [1.165, 1.54) is 17.8 Å². The topological polar surface area (TPSA) is 38.1 Å². The molecule has 0 bridgehead atoms. The lowest BCUT2D eigenvalue weighted by atomic mass is 9.91. The van der Waals surface area contributed by atoms with Gasteiger partial charge in [0.25, 0.3) is 5.91 Å². The molecule has 0 N–H and O–H groups in total. The maximum atomic E-state index is 12.9. The normalized spacial score (nSPS) is 18.4. The first-order valence-corrected chi connectivity index (χ1v) is 7.80. The molecule has 0 radical (unpaired) electrons. The van der Waals surface area contributed by atoms with Crippen LogP contribution in [-0.2, 0) is 6.42 Å². The molecule has 1 aliphatic rings. The second-order valence-electron chi connectivity index (χ2n) is 5.89. The monoisotopic (exact) mass is 319 g/mol. The van der Waals surface area contributed by atoms with Crippen LogP contribution in [0.4, 0.5) is 8.78 Å². The van der Waals surface area contributed by atoms with Gasteiger partial charge in [0.05, 0.1) is 0 Å². The molecule has 23 heavy (non-hydrogen) atoms. The van der Waals surface area contributed by atoms with Crippen molar-refractivity contribution >= 4 is 5.91 Å². The number of nitrogens with zero attached hydrogens (tertiary/aromatic N) is 3. The van der Waals surface area contributed by atoms with E-state index in [0.29, 0.717) is 23.7 Å². The summed E-state index contributed by atoms with van der Waals surface area (Å²) < 4.78 is 26.3. The van der Waals surface area contributed by atoms with Gasteiger partial charge in [0.2, 0.25) is 0 Å². The van der Waals surface area contributed by atoms with Crippen LogP contribution in [-0.4, -0.2) is 33.7 Å². The van der Waals surface area contributed by atoms with Crippen molar-refractivity contribution in [3.63, 3.8) is 0 Å². The van der Waals surface area contributed by atoms with Gasteiger partial charge in [-0.3, -0.25) is 4.79 Å². The maximum Gasteiger partial charge on any atom is 0.333 e. The van der Waals surface area contributed by atoms with Crippen molar-refractivity contribution in [1.82, 2.24) is 14.7 Å². The average molecular weight is 319 g/mol. The van der Waals surface area contributed by atoms with E-state index in [0.717, 1.165) is 19.3 Å². The first-order valence-electron chi connectivity index (χ1n) is 7.80. The number of benzene rings is 1. The summed E-state index contributed by atoms with van der Waals surface area (Å²) in [5, 5.41) is 3.54. The van der Waals surface area contributed by atoms with Crippen molar-refractivity contribution in [3.05, 3.63) is 53.9 Å². The molecular weight excluding hydrogens is 300 g/mol. The van der Waals surface area contributed by atoms with Crippen molar-refractivity contribution in [2.45, 2.75) is 25.8 Å². The van der Waals surface area contributed by atoms with Crippen LogP contribution in [0.25, 0.3) is 0 Å². The highest BCUT2D eigenvalue weighted by Crippen LogP contribution is 2.23. The Labute approximate surface area is 133 Å². The Balaban J connectivity index is 1.68. The zero-order valence-corrected chi connectivity index (χ0v) is 12.7. The molecule has 0 unspecified atom stereocenters. The Bertz CT molecular complexity index is 657. The van der Waals surface area contributed by atoms with E-state index in [9.17, 15) is 13.6 Å². The third-order valence-corrected chi connectivity index (χ3v) is 4.25. The minimum atomic E-state index is -2.80. The van der Waals surface area contributed by atoms with Crippen LogP contribution < -0.4 is 0 Å². The Hall–Kier alpha value is -2.24. The molecule has 122 valence electrons. The van der Waals surface area contributed by atoms with Gasteiger partial charge in [-0.1, -0.05) is 30.3 Å². The van der Waals surface area contributed by atoms with Crippen molar-refractivity contribution in [2.75, 3.05) is 13.1 Å². The minimum absolute atomic E-state index is 0.0413. The van der Waals surface area contributed by atoms with Gasteiger partial charge < -0.3 is 4.90 Å². The summed E-state index contributed by atoms with van der Waals surface area (Å²) in [6.07, 6.45) is 4.09. The van der Waals surface area contributed by atoms with Gasteiger partial charge in [0.1, 0.15) is 5.69 Å². The first kappa shape index (κ1) is 15.6. The Kier molecular flexibility index (Phi) is 4.69. The SMILES string of the molecule is O=C(c1ccnn1C(F)F)N1CCC[C@@H](Cc2ccccc2)C1. The van der Waals surface area contributed by atoms with Gasteiger partial charge >= 0.3 is 6.55 Å². The third kappa shape index (κ3) is 3.57. The number of alkyl halides is 2. The maximum absolute atomic E-state index is 12.9. The number of hydrogen-bond acceptors (Lipinski definition) is 2. The Morgan fingerprint density at radius 3 is 2.78 bits per heavy atom. The molecule has 1 atom stereocenters. The summed E-state index contributed by atoms with van der Waals surface area (Å²) in [6, 6.07) is 11.5. The van der Waals surface area contributed by atoms with Crippen LogP contribution in [0.15, 0.2) is 42.6 Å². The van der Waals surface area contributed by atoms with Gasteiger partial charge in [0, 0.05) is 19.3 Å². The van der Waals surface area contributed by atoms with E-state index in [1.807, 2.05) is 18.2 Å². The van der Waals surface area contributed by atoms with Crippen LogP contribution in [0.1, 0.15) is 35.4 Å². The minimum Gasteiger partial charge on any atom is -0.337 e. The number of aromatic nitrogens is 2. The third-order valence-electron chi connectivity index (χ3n) is 4.25. The van der Waals surface area contributed by atoms with Crippen molar-refractivity contribution in [2.24, 2.45) is 5.92 Å². The number of hydrogen-bond donors (Lipinski definition) is 0. The molecule has 1 aromatic carbocycles. The summed E-state index contributed by atoms with van der Waals surface area (Å²) in [5.41, 5.74) is 1.20. The van der Waals surface area contributed by atoms with Gasteiger partial charge in [-0.2, -0.15) is 18.6 Å². The molecule has 2 heterocycles. The fraction of sp³-hybridized carbons (Fsp3) is 0.412. The van der Waals surface area contributed by atoms with E-state index in [4.69, 9.17) is 0 Å². The summed E-state index contributed by atoms with van der Waals surface area (Å²) in [7, 11) is 0. The highest BCUT2D eigenvalue weighted by Gasteiger charge is 2.27. The Morgan fingerprint density at radius 2 is 2.04 bits per heavy atom. The summed E-state index contributed by atoms with van der Waals surface area (Å²) >= 11 is 0. The zero-order chi connectivity index (χ0) is 16.2. The van der Waals surface area contributed by atoms with E-state index < -0.39 is 6.55 Å². The van der Waals surface area contributed by atoms with Gasteiger partial charge in [-0.25, -0.2) is 0 Å². The number of piperidine rings is 1. The van der Waals surface area contributed by atoms with Crippen LogP contribution in [0, 0.1) is 5.92 Å². The quantitative estimate of drug-likeness (QED) is 0.866. The van der Waals surface area contributed by atoms with Gasteiger partial charge in [0.15, 0.2) is 0 Å². The molecule has 1 aliphatic heterocycles. The summed E-state index contributed by atoms with van der Waals surface area (Å²) in [6.45, 7) is -1.59. The van der Waals surface area contributed by atoms with Gasteiger partial charge in [-0.05, 0) is 36.8 Å². The number of halogens is 2. The lowest BCUT2D eigenvalue weighted by Gasteiger charge is -2.33. The molecule has 1 saturated heterocycles. The van der Waals surface area contributed by atoms with E-state index in [1.54, 1.807) is 4.90 Å². The lowest BCUT2D eigenvalue weighted by Crippen LogP contribution is -2.41. The largest absolute Gasteiger partial charge is 0.337 e. The van der Waals surface area contributed by atoms with Gasteiger partial charge in [-0.15, -0.1) is 0 Å². The molecular formula is C17H19F2N3O. The molecule has 0 saturated carbocycles. The molecule has 2 aromatic rings. The molecule has 3 rings (SSSR count). The van der Waals surface area contributed by atoms with Crippen molar-refractivity contribution in [3.8, 4) is 0 Å². The molecule has 1 aromatic heterocycles. The molecule has 0 spiro atoms. The second kappa shape index (κ2) is 6.89. The van der Waals surface area contributed by atoms with E-state index in [-0.39, 0.29) is 11.6 Å². The van der Waals surface area contributed by atoms with Crippen molar-refractivity contribution in [1.29, 1.82) is 0 Å². The Morgan fingerprint density at radius 1 is 1.26 bits per heavy atom. The highest BCUT2D eigenvalue weighted by atomic mass is 19.3. The lowest BCUT2D eigenvalue weighted by molar-refractivity contribution is 0.0438. The van der Waals surface area contributed by atoms with E-state index >= 15 is 0 Å². The molecule has 4 nitrogen and oxygen atoms in total. The van der Waals surface area contributed by atoms with E-state index in [2.05, 4.69) is 17.2 Å². The standard InChI is InChI=1S/C17H19F2N3O/c18-17(19)22-15(8-9-20-22)16(23)21-10-4-7-14(12-21)11-13-5-2-1-3-6-13/h1-3,5-6,8-9,14,17H,4,7,10-12H2/t14-/m0/s1. The van der Waals surface area contributed by atoms with Crippen molar-refractivity contribution < 1.29 is 13.6 Å². The summed E-state index contributed by atoms with van der Waals surface area (Å²) in [5.74, 6) is -0.00131. The zero-order valence-electron chi connectivity index (χ0n) is 12.7. The molecule has 0 aliphatic carbocycles. The predicted molar refractivity (Wildman–Crippen MR) is 82.3 cm³/mol. The van der Waals surface area contributed by atoms with Crippen LogP contribution >= 0.6 is 0 Å². The molecule has 1 amide bonds. The number of carbonyl (C=O) groups is 1. The number of amides is 1. The fourth-order valence-corrected chi connectivity index (χ4v) is 3.16. The second-order valence-corrected chi connectivity index (χ2v) is 5.89. The van der Waals surface area contributed by atoms with Crippen LogP contribution in [0.2, 0.25) is 0 Å². The van der Waals surface area contributed by atoms with Crippen LogP contribution in [0.3, 0.4) is 0 Å². The fourth-order valence-electron chi connectivity index (χ4n) is 3.16. The molecule has 6 heteroatoms. The summed E-state index contributed by atoms with van der Waals surface area (Å²) in [4.78, 5) is 14.2. The number of likely N-dealkylation sites (tertiary alicyclic amines) is 1. The van der Waals surface area contributed by atoms with Crippen LogP contribution in [0.5, 0.6) is 0 Å². The number of rotatable bonds is 4. The number of carbonyl (C=O) groups excluding carboxylic acids is 1. The smallest absolute Gasteiger partial charge is 0.333 e. The molecule has 1 fully saturated rings. The highest BCUT2D eigenvalue weighted by molar-refractivity contribution is 5.92. The predicted octanol–water partition coefficient (Wildman–Crippen LogP) is 3.37. The average Bonchev–Trinajstić information content (AvgIpc) is 3.05. The first-order chi connectivity index (χ1) is 11.1.